The average molecular weight is 168 g/mol. The zero-order valence-electron chi connectivity index (χ0n) is 5.64. The average Bonchev–Trinajstić information content (AvgIpc) is 1.89. The highest BCUT2D eigenvalue weighted by atomic mass is 32.2. The topological polar surface area (TPSA) is 33.3 Å². The van der Waals surface area contributed by atoms with Crippen molar-refractivity contribution in [2.24, 2.45) is 0 Å². The minimum Gasteiger partial charge on any atom is -0.193 e. The van der Waals surface area contributed by atoms with E-state index in [1.54, 1.807) is 0 Å². The molecule has 0 aliphatic rings. The van der Waals surface area contributed by atoms with Crippen molar-refractivity contribution in [2.45, 2.75) is 13.8 Å². The lowest BCUT2D eigenvalue weighted by Crippen LogP contribution is -2.14. The van der Waals surface area contributed by atoms with Gasteiger partial charge in [0, 0.05) is 11.5 Å². The molecule has 0 unspecified atom stereocenters. The smallest absolute Gasteiger partial charge is 0.00722 e. The predicted octanol–water partition coefficient (Wildman–Crippen LogP) is 1.35. The summed E-state index contributed by atoms with van der Waals surface area (Å²) in [5, 5.41) is 0. The van der Waals surface area contributed by atoms with Crippen LogP contribution < -0.4 is 9.77 Å². The monoisotopic (exact) mass is 168 g/mol. The van der Waals surface area contributed by atoms with Crippen LogP contribution in [0.2, 0.25) is 0 Å². The lowest BCUT2D eigenvalue weighted by Gasteiger charge is -2.00. The Labute approximate surface area is 64.5 Å². The second-order valence-corrected chi connectivity index (χ2v) is 3.20. The van der Waals surface area contributed by atoms with E-state index in [4.69, 9.17) is 4.94 Å². The fourth-order valence-electron chi connectivity index (χ4n) is 0.194. The van der Waals surface area contributed by atoms with Crippen molar-refractivity contribution in [1.82, 2.24) is 9.77 Å². The van der Waals surface area contributed by atoms with Crippen molar-refractivity contribution < 1.29 is 4.94 Å². The molecule has 56 valence electrons. The first-order valence-corrected chi connectivity index (χ1v) is 4.78. The van der Waals surface area contributed by atoms with Crippen molar-refractivity contribution >= 4 is 23.9 Å². The Kier molecular flexibility index (Phi) is 9.13. The Morgan fingerprint density at radius 2 is 1.56 bits per heavy atom. The van der Waals surface area contributed by atoms with Crippen LogP contribution >= 0.6 is 23.9 Å². The van der Waals surface area contributed by atoms with Gasteiger partial charge in [0.2, 0.25) is 0 Å². The predicted molar refractivity (Wildman–Crippen MR) is 43.6 cm³/mol. The summed E-state index contributed by atoms with van der Waals surface area (Å²) < 4.78 is 0. The summed E-state index contributed by atoms with van der Waals surface area (Å²) in [7, 11) is 0. The molecule has 2 N–H and O–H groups in total. The molecule has 0 heterocycles. The summed E-state index contributed by atoms with van der Waals surface area (Å²) in [5.74, 6) is 2.00. The standard InChI is InChI=1S/C4H12N2OS2/c1-3-8-5-7-6-9-4-2/h5-6H,3-4H2,1-2H3. The van der Waals surface area contributed by atoms with E-state index in [0.717, 1.165) is 11.5 Å². The van der Waals surface area contributed by atoms with Gasteiger partial charge in [0.05, 0.1) is 0 Å². The zero-order chi connectivity index (χ0) is 6.95. The summed E-state index contributed by atoms with van der Waals surface area (Å²) in [4.78, 5) is 10.0. The van der Waals surface area contributed by atoms with Crippen molar-refractivity contribution in [3.8, 4) is 0 Å². The molecule has 5 heteroatoms. The van der Waals surface area contributed by atoms with Crippen LogP contribution in [0.1, 0.15) is 13.8 Å². The van der Waals surface area contributed by atoms with Gasteiger partial charge < -0.3 is 0 Å². The molecule has 0 rings (SSSR count). The highest BCUT2D eigenvalue weighted by Gasteiger charge is 1.81. The molecule has 0 fully saturated rings. The Balaban J connectivity index is 2.60. The van der Waals surface area contributed by atoms with Crippen molar-refractivity contribution in [3.63, 3.8) is 0 Å². The third-order valence-corrected chi connectivity index (χ3v) is 1.47. The Morgan fingerprint density at radius 1 is 1.11 bits per heavy atom. The van der Waals surface area contributed by atoms with Crippen LogP contribution in [0.25, 0.3) is 0 Å². The van der Waals surface area contributed by atoms with Gasteiger partial charge in [0.1, 0.15) is 0 Å². The third-order valence-electron chi connectivity index (χ3n) is 0.490. The summed E-state index contributed by atoms with van der Waals surface area (Å²) in [6, 6.07) is 0. The largest absolute Gasteiger partial charge is 0.193 e. The van der Waals surface area contributed by atoms with Gasteiger partial charge in [-0.2, -0.15) is 4.94 Å². The second kappa shape index (κ2) is 8.58. The fraction of sp³-hybridized carbons (Fsp3) is 1.00. The van der Waals surface area contributed by atoms with Gasteiger partial charge in [-0.15, -0.1) is 9.77 Å². The summed E-state index contributed by atoms with van der Waals surface area (Å²) in [5.41, 5.74) is 0. The molecule has 3 nitrogen and oxygen atoms in total. The van der Waals surface area contributed by atoms with Gasteiger partial charge >= 0.3 is 0 Å². The van der Waals surface area contributed by atoms with Crippen LogP contribution in [0.3, 0.4) is 0 Å². The molecular formula is C4H12N2OS2. The van der Waals surface area contributed by atoms with Crippen molar-refractivity contribution in [2.75, 3.05) is 11.5 Å². The second-order valence-electron chi connectivity index (χ2n) is 1.13. The van der Waals surface area contributed by atoms with E-state index >= 15 is 0 Å². The number of hydrogen-bond donors (Lipinski definition) is 2. The van der Waals surface area contributed by atoms with Gasteiger partial charge in [0.15, 0.2) is 0 Å². The number of hydrogen-bond acceptors (Lipinski definition) is 5. The van der Waals surface area contributed by atoms with E-state index in [1.165, 1.54) is 23.9 Å². The van der Waals surface area contributed by atoms with Gasteiger partial charge in [-0.05, 0) is 0 Å². The quantitative estimate of drug-likeness (QED) is 0.355. The number of rotatable bonds is 6. The summed E-state index contributed by atoms with van der Waals surface area (Å²) >= 11 is 3.02. The molecule has 0 radical (unpaired) electrons. The molecule has 0 saturated heterocycles. The first-order valence-electron chi connectivity index (χ1n) is 2.81. The first-order chi connectivity index (χ1) is 4.41. The van der Waals surface area contributed by atoms with Crippen LogP contribution in [0, 0.1) is 0 Å². The molecule has 0 aliphatic carbocycles. The van der Waals surface area contributed by atoms with E-state index in [9.17, 15) is 0 Å². The molecule has 0 saturated carbocycles. The molecular weight excluding hydrogens is 156 g/mol. The van der Waals surface area contributed by atoms with Crippen LogP contribution in [-0.4, -0.2) is 11.5 Å². The lowest BCUT2D eigenvalue weighted by molar-refractivity contribution is 0.0675. The van der Waals surface area contributed by atoms with Gasteiger partial charge in [-0.1, -0.05) is 37.7 Å². The molecule has 0 aromatic rings. The maximum absolute atomic E-state index is 4.74. The maximum Gasteiger partial charge on any atom is 0.00722 e. The van der Waals surface area contributed by atoms with E-state index < -0.39 is 0 Å². The van der Waals surface area contributed by atoms with Crippen LogP contribution in [0.15, 0.2) is 0 Å². The molecule has 9 heavy (non-hydrogen) atoms. The van der Waals surface area contributed by atoms with E-state index in [0.29, 0.717) is 0 Å². The van der Waals surface area contributed by atoms with E-state index in [-0.39, 0.29) is 0 Å². The molecule has 0 aliphatic heterocycles. The Hall–Kier alpha value is 0.580. The highest BCUT2D eigenvalue weighted by molar-refractivity contribution is 7.97. The van der Waals surface area contributed by atoms with Gasteiger partial charge in [-0.3, -0.25) is 0 Å². The minimum atomic E-state index is 0.998. The highest BCUT2D eigenvalue weighted by Crippen LogP contribution is 1.92. The van der Waals surface area contributed by atoms with Crippen LogP contribution in [0.5, 0.6) is 0 Å². The SMILES string of the molecule is CCSNONSCC. The fourth-order valence-corrected chi connectivity index (χ4v) is 0.683. The molecule has 0 bridgehead atoms. The molecule has 0 aromatic carbocycles. The molecule has 0 amide bonds. The van der Waals surface area contributed by atoms with Crippen LogP contribution in [-0.2, 0) is 4.94 Å². The Bertz CT molecular complexity index is 49.8. The first kappa shape index (κ1) is 9.58. The molecule has 0 atom stereocenters. The van der Waals surface area contributed by atoms with E-state index in [2.05, 4.69) is 9.77 Å². The van der Waals surface area contributed by atoms with E-state index in [1.807, 2.05) is 13.8 Å². The van der Waals surface area contributed by atoms with Gasteiger partial charge in [-0.25, -0.2) is 0 Å². The van der Waals surface area contributed by atoms with Crippen molar-refractivity contribution in [1.29, 1.82) is 0 Å². The maximum atomic E-state index is 4.74. The summed E-state index contributed by atoms with van der Waals surface area (Å²) in [6.45, 7) is 4.10. The minimum absolute atomic E-state index is 0.998. The number of nitrogens with one attached hydrogen (secondary N) is 2. The normalized spacial score (nSPS) is 10.0. The third kappa shape index (κ3) is 8.58. The van der Waals surface area contributed by atoms with Crippen LogP contribution in [0.4, 0.5) is 0 Å². The Morgan fingerprint density at radius 3 is 1.89 bits per heavy atom. The lowest BCUT2D eigenvalue weighted by atomic mass is 11.0. The molecule has 0 spiro atoms. The zero-order valence-corrected chi connectivity index (χ0v) is 7.27. The summed E-state index contributed by atoms with van der Waals surface area (Å²) in [6.07, 6.45) is 0. The van der Waals surface area contributed by atoms with Gasteiger partial charge in [0.25, 0.3) is 0 Å². The molecule has 0 aromatic heterocycles. The van der Waals surface area contributed by atoms with Crippen molar-refractivity contribution in [3.05, 3.63) is 0 Å².